The molecular formula is C30H30F3N9O2. The van der Waals surface area contributed by atoms with Gasteiger partial charge in [-0.2, -0.15) is 23.3 Å². The first-order valence-corrected chi connectivity index (χ1v) is 13.6. The van der Waals surface area contributed by atoms with Crippen LogP contribution in [0.1, 0.15) is 11.1 Å². The van der Waals surface area contributed by atoms with Gasteiger partial charge >= 0.3 is 12.2 Å². The molecule has 14 heteroatoms. The van der Waals surface area contributed by atoms with Gasteiger partial charge in [0.15, 0.2) is 5.82 Å². The largest absolute Gasteiger partial charge is 0.408 e. The van der Waals surface area contributed by atoms with Crippen molar-refractivity contribution in [3.8, 4) is 0 Å². The van der Waals surface area contributed by atoms with Gasteiger partial charge in [0.05, 0.1) is 24.1 Å². The van der Waals surface area contributed by atoms with Gasteiger partial charge in [-0.3, -0.25) is 9.48 Å². The lowest BCUT2D eigenvalue weighted by Gasteiger charge is -2.36. The Kier molecular flexibility index (Phi) is 8.90. The van der Waals surface area contributed by atoms with E-state index in [2.05, 4.69) is 25.7 Å². The highest BCUT2D eigenvalue weighted by Gasteiger charge is 2.34. The maximum atomic E-state index is 14.0. The van der Waals surface area contributed by atoms with Crippen LogP contribution in [0.3, 0.4) is 0 Å². The van der Waals surface area contributed by atoms with Crippen LogP contribution in [0.25, 0.3) is 0 Å². The third kappa shape index (κ3) is 7.77. The second kappa shape index (κ2) is 13.0. The second-order valence-corrected chi connectivity index (χ2v) is 10.4. The molecule has 0 unspecified atom stereocenters. The van der Waals surface area contributed by atoms with E-state index in [0.29, 0.717) is 35.8 Å². The molecule has 3 heterocycles. The average molecular weight is 606 g/mol. The smallest absolute Gasteiger partial charge is 0.322 e. The molecule has 0 saturated heterocycles. The van der Waals surface area contributed by atoms with Crippen molar-refractivity contribution in [3.05, 3.63) is 96.5 Å². The molecule has 44 heavy (non-hydrogen) atoms. The first-order valence-electron chi connectivity index (χ1n) is 13.6. The summed E-state index contributed by atoms with van der Waals surface area (Å²) in [7, 11) is 3.79. The minimum Gasteiger partial charge on any atom is -0.322 e. The third-order valence-electron chi connectivity index (χ3n) is 6.44. The van der Waals surface area contributed by atoms with E-state index in [9.17, 15) is 22.8 Å². The molecule has 1 aliphatic heterocycles. The Morgan fingerprint density at radius 1 is 1.07 bits per heavy atom. The second-order valence-electron chi connectivity index (χ2n) is 10.4. The lowest BCUT2D eigenvalue weighted by Crippen LogP contribution is -2.45. The lowest BCUT2D eigenvalue weighted by molar-refractivity contribution is -0.142. The van der Waals surface area contributed by atoms with Gasteiger partial charge in [-0.25, -0.2) is 14.7 Å². The fraction of sp³-hybridized carbons (Fsp3) is 0.233. The number of amides is 3. The summed E-state index contributed by atoms with van der Waals surface area (Å²) in [6, 6.07) is 16.0. The summed E-state index contributed by atoms with van der Waals surface area (Å²) in [6.45, 7) is -0.0713. The van der Waals surface area contributed by atoms with E-state index in [1.165, 1.54) is 23.4 Å². The van der Waals surface area contributed by atoms with Crippen molar-refractivity contribution >= 4 is 40.8 Å². The number of aromatic nitrogens is 4. The molecule has 0 atom stereocenters. The number of carbonyl (C=O) groups excluding carboxylic acids is 2. The molecule has 2 aromatic carbocycles. The van der Waals surface area contributed by atoms with Crippen LogP contribution >= 0.6 is 0 Å². The fourth-order valence-corrected chi connectivity index (χ4v) is 4.53. The quantitative estimate of drug-likeness (QED) is 0.236. The van der Waals surface area contributed by atoms with Gasteiger partial charge in [0.1, 0.15) is 6.54 Å². The predicted molar refractivity (Wildman–Crippen MR) is 160 cm³/mol. The van der Waals surface area contributed by atoms with E-state index in [4.69, 9.17) is 0 Å². The number of carbonyl (C=O) groups is 2. The minimum atomic E-state index is -4.42. The topological polar surface area (TPSA) is 112 Å². The predicted octanol–water partition coefficient (Wildman–Crippen LogP) is 5.31. The molecule has 0 radical (unpaired) electrons. The highest BCUT2D eigenvalue weighted by atomic mass is 19.4. The third-order valence-corrected chi connectivity index (χ3v) is 6.44. The minimum absolute atomic E-state index is 0.0695. The molecule has 2 aromatic heterocycles. The van der Waals surface area contributed by atoms with Gasteiger partial charge in [-0.15, -0.1) is 0 Å². The first-order chi connectivity index (χ1) is 21.0. The van der Waals surface area contributed by atoms with Gasteiger partial charge in [0.2, 0.25) is 11.9 Å². The van der Waals surface area contributed by atoms with Crippen molar-refractivity contribution in [2.75, 3.05) is 36.2 Å². The Morgan fingerprint density at radius 3 is 2.61 bits per heavy atom. The summed E-state index contributed by atoms with van der Waals surface area (Å²) in [4.78, 5) is 40.4. The van der Waals surface area contributed by atoms with Crippen molar-refractivity contribution in [2.45, 2.75) is 25.8 Å². The molecule has 4 aromatic rings. The van der Waals surface area contributed by atoms with Crippen LogP contribution in [0, 0.1) is 0 Å². The van der Waals surface area contributed by atoms with Crippen LogP contribution < -0.4 is 15.5 Å². The molecule has 0 aliphatic carbocycles. The Morgan fingerprint density at radius 2 is 1.86 bits per heavy atom. The van der Waals surface area contributed by atoms with Crippen molar-refractivity contribution in [1.29, 1.82) is 0 Å². The number of nitrogens with zero attached hydrogens (tertiary/aromatic N) is 7. The number of fused-ring (bicyclic) bond motifs is 1. The normalized spacial score (nSPS) is 13.5. The van der Waals surface area contributed by atoms with Crippen LogP contribution in [-0.2, 0) is 24.4 Å². The molecule has 0 saturated carbocycles. The highest BCUT2D eigenvalue weighted by Crippen LogP contribution is 2.36. The van der Waals surface area contributed by atoms with Gasteiger partial charge in [-0.05, 0) is 37.9 Å². The number of hydrogen-bond acceptors (Lipinski definition) is 7. The average Bonchev–Trinajstić information content (AvgIpc) is 3.39. The lowest BCUT2D eigenvalue weighted by atomic mass is 10.1. The van der Waals surface area contributed by atoms with Crippen LogP contribution in [0.15, 0.2) is 85.3 Å². The molecule has 11 nitrogen and oxygen atoms in total. The number of hydrogen-bond donors (Lipinski definition) is 2. The van der Waals surface area contributed by atoms with Crippen LogP contribution in [-0.4, -0.2) is 68.3 Å². The molecule has 0 fully saturated rings. The number of rotatable bonds is 10. The van der Waals surface area contributed by atoms with Crippen LogP contribution in [0.4, 0.5) is 46.8 Å². The molecular weight excluding hydrogens is 575 g/mol. The van der Waals surface area contributed by atoms with E-state index in [-0.39, 0.29) is 30.1 Å². The van der Waals surface area contributed by atoms with Crippen LogP contribution in [0.5, 0.6) is 0 Å². The molecule has 5 rings (SSSR count). The zero-order valence-corrected chi connectivity index (χ0v) is 24.0. The van der Waals surface area contributed by atoms with E-state index < -0.39 is 12.7 Å². The maximum absolute atomic E-state index is 14.0. The molecule has 2 N–H and O–H groups in total. The van der Waals surface area contributed by atoms with Gasteiger partial charge in [0.25, 0.3) is 0 Å². The monoisotopic (exact) mass is 605 g/mol. The summed E-state index contributed by atoms with van der Waals surface area (Å²) < 4.78 is 39.1. The highest BCUT2D eigenvalue weighted by molar-refractivity contribution is 6.03. The summed E-state index contributed by atoms with van der Waals surface area (Å²) >= 11 is 0. The Labute approximate surface area is 251 Å². The SMILES string of the molecule is CN(C)C/C=C/C(=O)Nc1cccc(N2C(=O)N(Cc3ccccc3)Cc3cnc(Nc4cnn(CC(F)(F)F)c4)nc32)c1. The van der Waals surface area contributed by atoms with Crippen molar-refractivity contribution in [1.82, 2.24) is 29.5 Å². The number of anilines is 5. The van der Waals surface area contributed by atoms with E-state index in [1.807, 2.05) is 49.3 Å². The fourth-order valence-electron chi connectivity index (χ4n) is 4.53. The molecule has 0 spiro atoms. The van der Waals surface area contributed by atoms with E-state index in [1.54, 1.807) is 41.4 Å². The summed E-state index contributed by atoms with van der Waals surface area (Å²) in [5, 5.41) is 9.42. The zero-order chi connectivity index (χ0) is 31.3. The number of halogens is 3. The zero-order valence-electron chi connectivity index (χ0n) is 24.0. The number of nitrogens with one attached hydrogen (secondary N) is 2. The molecule has 228 valence electrons. The summed E-state index contributed by atoms with van der Waals surface area (Å²) in [5.41, 5.74) is 2.76. The van der Waals surface area contributed by atoms with Crippen molar-refractivity contribution < 1.29 is 22.8 Å². The summed E-state index contributed by atoms with van der Waals surface area (Å²) in [6.07, 6.45) is 2.76. The Balaban J connectivity index is 1.45. The van der Waals surface area contributed by atoms with Crippen LogP contribution in [0.2, 0.25) is 0 Å². The first kappa shape index (κ1) is 30.2. The standard InChI is InChI=1S/C30H30F3N9O2/c1-39(2)13-7-12-26(43)36-23-10-6-11-25(14-23)42-27-22(18-40(29(42)44)17-21-8-4-3-5-9-21)15-34-28(38-27)37-24-16-35-41(19-24)20-30(31,32)33/h3-12,14-16,19H,13,17-18,20H2,1-2H3,(H,36,43)(H,34,37,38)/b12-7+. The number of benzene rings is 2. The van der Waals surface area contributed by atoms with Gasteiger partial charge in [-0.1, -0.05) is 42.5 Å². The van der Waals surface area contributed by atoms with E-state index in [0.717, 1.165) is 10.2 Å². The Bertz CT molecular complexity index is 1650. The summed E-state index contributed by atoms with van der Waals surface area (Å²) in [5.74, 6) is 0.0499. The Hall–Kier alpha value is -5.24. The van der Waals surface area contributed by atoms with Gasteiger partial charge in [0, 0.05) is 42.8 Å². The van der Waals surface area contributed by atoms with Gasteiger partial charge < -0.3 is 20.4 Å². The van der Waals surface area contributed by atoms with Crippen molar-refractivity contribution in [2.24, 2.45) is 0 Å². The molecule has 3 amide bonds. The van der Waals surface area contributed by atoms with E-state index >= 15 is 0 Å². The number of urea groups is 1. The number of likely N-dealkylation sites (N-methyl/N-ethyl adjacent to an activating group) is 1. The maximum Gasteiger partial charge on any atom is 0.408 e. The van der Waals surface area contributed by atoms with Crippen molar-refractivity contribution in [3.63, 3.8) is 0 Å². The molecule has 0 bridgehead atoms. The molecule has 1 aliphatic rings. The number of alkyl halides is 3.